The van der Waals surface area contributed by atoms with Crippen LogP contribution in [0.2, 0.25) is 0 Å². The second-order valence-electron chi connectivity index (χ2n) is 9.33. The van der Waals surface area contributed by atoms with E-state index in [-0.39, 0.29) is 22.7 Å². The fraction of sp³-hybridized carbons (Fsp3) is 0.333. The summed E-state index contributed by atoms with van der Waals surface area (Å²) in [4.78, 5) is 27.9. The lowest BCUT2D eigenvalue weighted by atomic mass is 10.1. The van der Waals surface area contributed by atoms with Gasteiger partial charge in [-0.25, -0.2) is 12.8 Å². The highest BCUT2D eigenvalue weighted by molar-refractivity contribution is 7.92. The van der Waals surface area contributed by atoms with Crippen LogP contribution < -0.4 is 14.4 Å². The third-order valence-electron chi connectivity index (χ3n) is 6.34. The monoisotopic (exact) mass is 569 g/mol. The second kappa shape index (κ2) is 13.9. The molecule has 0 heterocycles. The molecule has 0 fully saturated rings. The molecule has 214 valence electrons. The SMILES string of the molecule is CCCNC(=O)[C@H](C)N(Cc1ccccc1F)C(=O)CN(c1ccc(C)cc1)S(=O)(=O)c1ccc(OCC)cc1. The van der Waals surface area contributed by atoms with Crippen molar-refractivity contribution in [2.75, 3.05) is 24.0 Å². The number of nitrogens with one attached hydrogen (secondary N) is 1. The summed E-state index contributed by atoms with van der Waals surface area (Å²) >= 11 is 0. The van der Waals surface area contributed by atoms with E-state index in [0.717, 1.165) is 9.87 Å². The highest BCUT2D eigenvalue weighted by Gasteiger charge is 2.32. The minimum atomic E-state index is -4.21. The zero-order valence-electron chi connectivity index (χ0n) is 23.3. The molecule has 0 aliphatic heterocycles. The number of ether oxygens (including phenoxy) is 1. The standard InChI is InChI=1S/C30H36FN3O5S/c1-5-19-32-30(36)23(4)33(20-24-9-7-8-10-28(24)31)29(35)21-34(25-13-11-22(3)12-14-25)40(37,38)27-17-15-26(16-18-27)39-6-2/h7-18,23H,5-6,19-21H2,1-4H3,(H,32,36)/t23-/m0/s1. The van der Waals surface area contributed by atoms with Crippen LogP contribution in [-0.4, -0.2) is 50.9 Å². The van der Waals surface area contributed by atoms with Crippen LogP contribution in [0.4, 0.5) is 10.1 Å². The van der Waals surface area contributed by atoms with E-state index in [1.54, 1.807) is 49.4 Å². The topological polar surface area (TPSA) is 96.0 Å². The van der Waals surface area contributed by atoms with Crippen LogP contribution in [0, 0.1) is 12.7 Å². The first kappa shape index (κ1) is 30.6. The lowest BCUT2D eigenvalue weighted by Gasteiger charge is -2.32. The first-order valence-electron chi connectivity index (χ1n) is 13.2. The Bertz CT molecular complexity index is 1400. The largest absolute Gasteiger partial charge is 0.494 e. The van der Waals surface area contributed by atoms with Gasteiger partial charge in [0.2, 0.25) is 11.8 Å². The molecular weight excluding hydrogens is 533 g/mol. The molecule has 3 aromatic carbocycles. The molecule has 3 rings (SSSR count). The molecule has 0 spiro atoms. The van der Waals surface area contributed by atoms with Crippen molar-refractivity contribution in [1.29, 1.82) is 0 Å². The number of amides is 2. The van der Waals surface area contributed by atoms with Crippen molar-refractivity contribution in [2.24, 2.45) is 0 Å². The Balaban J connectivity index is 2.01. The highest BCUT2D eigenvalue weighted by Crippen LogP contribution is 2.26. The summed E-state index contributed by atoms with van der Waals surface area (Å²) in [7, 11) is -4.21. The molecule has 0 bridgehead atoms. The summed E-state index contributed by atoms with van der Waals surface area (Å²) in [5, 5.41) is 2.76. The number of carbonyl (C=O) groups excluding carboxylic acids is 2. The molecule has 0 saturated carbocycles. The van der Waals surface area contributed by atoms with Crippen LogP contribution in [0.5, 0.6) is 5.75 Å². The third kappa shape index (κ3) is 7.59. The predicted octanol–water partition coefficient (Wildman–Crippen LogP) is 4.67. The van der Waals surface area contributed by atoms with Gasteiger partial charge in [0.25, 0.3) is 10.0 Å². The minimum absolute atomic E-state index is 0.0290. The van der Waals surface area contributed by atoms with Crippen molar-refractivity contribution in [1.82, 2.24) is 10.2 Å². The van der Waals surface area contributed by atoms with Gasteiger partial charge in [0.05, 0.1) is 17.2 Å². The molecule has 10 heteroatoms. The van der Waals surface area contributed by atoms with Crippen LogP contribution in [-0.2, 0) is 26.2 Å². The van der Waals surface area contributed by atoms with Gasteiger partial charge in [-0.1, -0.05) is 42.8 Å². The first-order valence-corrected chi connectivity index (χ1v) is 14.6. The molecule has 0 radical (unpaired) electrons. The summed E-state index contributed by atoms with van der Waals surface area (Å²) in [5.74, 6) is -1.08. The van der Waals surface area contributed by atoms with Crippen LogP contribution >= 0.6 is 0 Å². The molecule has 0 saturated heterocycles. The number of rotatable bonds is 13. The number of hydrogen-bond acceptors (Lipinski definition) is 5. The fourth-order valence-electron chi connectivity index (χ4n) is 4.03. The summed E-state index contributed by atoms with van der Waals surface area (Å²) in [6, 6.07) is 17.7. The van der Waals surface area contributed by atoms with Crippen molar-refractivity contribution < 1.29 is 27.1 Å². The smallest absolute Gasteiger partial charge is 0.264 e. The maximum Gasteiger partial charge on any atom is 0.264 e. The van der Waals surface area contributed by atoms with Crippen LogP contribution in [0.3, 0.4) is 0 Å². The summed E-state index contributed by atoms with van der Waals surface area (Å²) in [6.45, 7) is 7.16. The number of hydrogen-bond donors (Lipinski definition) is 1. The van der Waals surface area contributed by atoms with Gasteiger partial charge in [0, 0.05) is 18.7 Å². The van der Waals surface area contributed by atoms with Crippen LogP contribution in [0.1, 0.15) is 38.3 Å². The molecule has 1 atom stereocenters. The van der Waals surface area contributed by atoms with Crippen molar-refractivity contribution >= 4 is 27.5 Å². The number of anilines is 1. The Kier molecular flexibility index (Phi) is 10.7. The Morgan fingerprint density at radius 3 is 2.23 bits per heavy atom. The van der Waals surface area contributed by atoms with Crippen molar-refractivity contribution in [3.63, 3.8) is 0 Å². The average molecular weight is 570 g/mol. The van der Waals surface area contributed by atoms with E-state index in [1.165, 1.54) is 35.2 Å². The lowest BCUT2D eigenvalue weighted by molar-refractivity contribution is -0.139. The summed E-state index contributed by atoms with van der Waals surface area (Å²) in [6.07, 6.45) is 0.696. The first-order chi connectivity index (χ1) is 19.1. The lowest BCUT2D eigenvalue weighted by Crippen LogP contribution is -2.51. The van der Waals surface area contributed by atoms with E-state index >= 15 is 0 Å². The van der Waals surface area contributed by atoms with E-state index in [2.05, 4.69) is 5.32 Å². The van der Waals surface area contributed by atoms with Crippen LogP contribution in [0.15, 0.2) is 77.7 Å². The maximum absolute atomic E-state index is 14.6. The minimum Gasteiger partial charge on any atom is -0.494 e. The van der Waals surface area contributed by atoms with E-state index in [4.69, 9.17) is 4.74 Å². The third-order valence-corrected chi connectivity index (χ3v) is 8.13. The van der Waals surface area contributed by atoms with Crippen molar-refractivity contribution in [3.05, 3.63) is 89.7 Å². The Morgan fingerprint density at radius 2 is 1.62 bits per heavy atom. The van der Waals surface area contributed by atoms with Gasteiger partial charge in [-0.15, -0.1) is 0 Å². The normalized spacial score (nSPS) is 11.9. The van der Waals surface area contributed by atoms with Crippen LogP contribution in [0.25, 0.3) is 0 Å². The van der Waals surface area contributed by atoms with Gasteiger partial charge in [0.15, 0.2) is 0 Å². The number of halogens is 1. The van der Waals surface area contributed by atoms with Gasteiger partial charge in [-0.2, -0.15) is 0 Å². The highest BCUT2D eigenvalue weighted by atomic mass is 32.2. The zero-order valence-corrected chi connectivity index (χ0v) is 24.1. The van der Waals surface area contributed by atoms with E-state index in [9.17, 15) is 22.4 Å². The molecule has 0 aromatic heterocycles. The second-order valence-corrected chi connectivity index (χ2v) is 11.2. The molecule has 0 unspecified atom stereocenters. The van der Waals surface area contributed by atoms with Gasteiger partial charge in [-0.05, 0) is 69.7 Å². The zero-order chi connectivity index (χ0) is 29.3. The van der Waals surface area contributed by atoms with Gasteiger partial charge in [0.1, 0.15) is 24.2 Å². The Morgan fingerprint density at radius 1 is 0.975 bits per heavy atom. The van der Waals surface area contributed by atoms with Gasteiger partial charge >= 0.3 is 0 Å². The average Bonchev–Trinajstić information content (AvgIpc) is 2.94. The van der Waals surface area contributed by atoms with E-state index in [0.29, 0.717) is 25.3 Å². The quantitative estimate of drug-likeness (QED) is 0.323. The number of benzene rings is 3. The van der Waals surface area contributed by atoms with Gasteiger partial charge < -0.3 is 15.0 Å². The number of nitrogens with zero attached hydrogens (tertiary/aromatic N) is 2. The molecule has 3 aromatic rings. The Labute approximate surface area is 235 Å². The van der Waals surface area contributed by atoms with E-state index < -0.39 is 40.2 Å². The number of carbonyl (C=O) groups is 2. The molecule has 8 nitrogen and oxygen atoms in total. The molecule has 0 aliphatic carbocycles. The van der Waals surface area contributed by atoms with Crippen molar-refractivity contribution in [2.45, 2.75) is 51.6 Å². The molecular formula is C30H36FN3O5S. The fourth-order valence-corrected chi connectivity index (χ4v) is 5.44. The summed E-state index contributed by atoms with van der Waals surface area (Å²) < 4.78 is 48.8. The van der Waals surface area contributed by atoms with E-state index in [1.807, 2.05) is 20.8 Å². The predicted molar refractivity (Wildman–Crippen MR) is 153 cm³/mol. The maximum atomic E-state index is 14.6. The van der Waals surface area contributed by atoms with Gasteiger partial charge in [-0.3, -0.25) is 13.9 Å². The number of aryl methyl sites for hydroxylation is 1. The molecule has 0 aliphatic rings. The molecule has 1 N–H and O–H groups in total. The molecule has 40 heavy (non-hydrogen) atoms. The number of sulfonamides is 1. The molecule has 2 amide bonds. The van der Waals surface area contributed by atoms with Crippen molar-refractivity contribution in [3.8, 4) is 5.75 Å². The Hall–Kier alpha value is -3.92. The summed E-state index contributed by atoms with van der Waals surface area (Å²) in [5.41, 5.74) is 1.40.